The van der Waals surface area contributed by atoms with E-state index in [-0.39, 0.29) is 35.8 Å². The Labute approximate surface area is 796 Å². The summed E-state index contributed by atoms with van der Waals surface area (Å²) in [7, 11) is 1.47. The molecule has 6 unspecified atom stereocenters. The van der Waals surface area contributed by atoms with E-state index in [0.717, 1.165) is 65.2 Å². The van der Waals surface area contributed by atoms with Crippen LogP contribution in [0.15, 0.2) is 284 Å². The van der Waals surface area contributed by atoms with E-state index in [1.165, 1.54) is 31.4 Å². The summed E-state index contributed by atoms with van der Waals surface area (Å²) in [4.78, 5) is 140. The molecule has 0 spiro atoms. The van der Waals surface area contributed by atoms with Crippen LogP contribution in [-0.4, -0.2) is 117 Å². The Morgan fingerprint density at radius 2 is 0.622 bits per heavy atom. The van der Waals surface area contributed by atoms with Crippen LogP contribution in [0.2, 0.25) is 20.1 Å². The van der Waals surface area contributed by atoms with Gasteiger partial charge in [0.15, 0.2) is 5.82 Å². The average molecular weight is 2010 g/mol. The van der Waals surface area contributed by atoms with Gasteiger partial charge in [0, 0.05) is 9.50 Å². The molecule has 12 aromatic carbocycles. The summed E-state index contributed by atoms with van der Waals surface area (Å²) in [6.45, 7) is 1.68. The molecule has 0 aromatic heterocycles. The van der Waals surface area contributed by atoms with E-state index in [1.54, 1.807) is 122 Å². The van der Waals surface area contributed by atoms with E-state index in [0.29, 0.717) is 105 Å². The van der Waals surface area contributed by atoms with Crippen LogP contribution in [0, 0.1) is 36.0 Å². The number of hydrogen-bond donors (Lipinski definition) is 6. The molecule has 0 aliphatic heterocycles. The molecule has 135 heavy (non-hydrogen) atoms. The van der Waals surface area contributed by atoms with Crippen molar-refractivity contribution in [2.75, 3.05) is 7.11 Å². The van der Waals surface area contributed by atoms with Gasteiger partial charge in [-0.25, -0.2) is 22.0 Å². The minimum atomic E-state index is -4.95. The van der Waals surface area contributed by atoms with Crippen molar-refractivity contribution < 1.29 is 111 Å². The van der Waals surface area contributed by atoms with Crippen LogP contribution in [0.1, 0.15) is 112 Å². The van der Waals surface area contributed by atoms with E-state index in [2.05, 4.69) is 47.8 Å². The number of halogens is 16. The molecule has 6 amide bonds. The van der Waals surface area contributed by atoms with Gasteiger partial charge in [-0.05, 0) is 173 Å². The summed E-state index contributed by atoms with van der Waals surface area (Å²) in [5, 5.41) is 14.7. The predicted octanol–water partition coefficient (Wildman–Crippen LogP) is 19.8. The van der Waals surface area contributed by atoms with Gasteiger partial charge in [0.25, 0.3) is 35.4 Å². The largest absolute Gasteiger partial charge is 0.496 e. The first-order valence-corrected chi connectivity index (χ1v) is 42.6. The number of nitrogens with one attached hydrogen (secondary N) is 6. The number of amides is 6. The minimum absolute atomic E-state index is 0.0552. The Morgan fingerprint density at radius 1 is 0.326 bits per heavy atom. The number of hydrogen-bond acceptors (Lipinski definition) is 13. The fourth-order valence-electron chi connectivity index (χ4n) is 12.6. The Kier molecular flexibility index (Phi) is 43.6. The summed E-state index contributed by atoms with van der Waals surface area (Å²) in [6, 6.07) is 68.6. The van der Waals surface area contributed by atoms with Crippen molar-refractivity contribution in [2.45, 2.75) is 94.1 Å². The van der Waals surface area contributed by atoms with Crippen molar-refractivity contribution >= 4 is 135 Å². The van der Waals surface area contributed by atoms with Crippen LogP contribution in [-0.2, 0) is 79.6 Å². The zero-order chi connectivity index (χ0) is 98.9. The van der Waals surface area contributed by atoms with Gasteiger partial charge in [0.05, 0.1) is 97.4 Å². The fraction of sp³-hybridized carbons (Fsp3) is 0.160. The minimum Gasteiger partial charge on any atom is -0.496 e. The van der Waals surface area contributed by atoms with Crippen LogP contribution in [0.4, 0.5) is 48.3 Å². The van der Waals surface area contributed by atoms with Crippen molar-refractivity contribution in [2.24, 2.45) is 0 Å². The Hall–Kier alpha value is -13.9. The monoisotopic (exact) mass is 2000 g/mol. The highest BCUT2D eigenvalue weighted by Crippen LogP contribution is 2.37. The molecule has 0 aliphatic carbocycles. The van der Waals surface area contributed by atoms with Crippen LogP contribution in [0.5, 0.6) is 5.75 Å². The third-order valence-corrected chi connectivity index (χ3v) is 21.1. The quantitative estimate of drug-likeness (QED) is 0.0174. The lowest BCUT2D eigenvalue weighted by molar-refractivity contribution is -0.138. The van der Waals surface area contributed by atoms with Crippen molar-refractivity contribution in [3.05, 3.63) is 416 Å². The molecule has 12 aromatic rings. The fourth-order valence-corrected chi connectivity index (χ4v) is 14.1. The number of carbonyl (C=O) groups excluding carboxylic acids is 12. The van der Waals surface area contributed by atoms with Crippen LogP contribution < -0.4 is 36.6 Å². The van der Waals surface area contributed by atoms with E-state index < -0.39 is 140 Å². The van der Waals surface area contributed by atoms with Crippen molar-refractivity contribution in [1.82, 2.24) is 31.9 Å². The number of methoxy groups -OCH3 is 1. The smallest absolute Gasteiger partial charge is 0.417 e. The number of aldehydes is 6. The third kappa shape index (κ3) is 34.3. The van der Waals surface area contributed by atoms with Gasteiger partial charge in [0.1, 0.15) is 72.3 Å². The topological polar surface area (TPSA) is 286 Å². The first-order valence-electron chi connectivity index (χ1n) is 40.3. The number of carbonyl (C=O) groups is 12. The summed E-state index contributed by atoms with van der Waals surface area (Å²) in [6.07, 6.45) is -4.82. The number of benzene rings is 12. The SMILES string of the molecule is COc1ccc(Cl)cc1C(=O)NC(C=O)Cc1ccccc1.Cc1ccc(F)c(C(=O)NC(C=O)Cc2ccccc2)c1Cl.O=CC(Cc1ccccc1)NC(=O)c1c(C(F)(F)F)ccc(Cl)c1F.O=CC(Cc1ccccc1)NC(=O)c1c(Cl)cccc1Br.O=CC(Cc1ccccc1)NC(=O)c1c(F)cccc1C(F)(F)F.O=CC(Cc1ccccc1)NC(=O)c1c(F)cccc1F. The van der Waals surface area contributed by atoms with Gasteiger partial charge in [-0.2, -0.15) is 26.3 Å². The van der Waals surface area contributed by atoms with Gasteiger partial charge in [-0.3, -0.25) is 28.8 Å². The lowest BCUT2D eigenvalue weighted by Crippen LogP contribution is -2.39. The maximum atomic E-state index is 14.0. The van der Waals surface area contributed by atoms with Crippen LogP contribution in [0.25, 0.3) is 0 Å². The molecule has 0 saturated heterocycles. The number of ether oxygens (including phenoxy) is 1. The molecule has 12 rings (SSSR count). The molecular weight excluding hydrogens is 1920 g/mol. The summed E-state index contributed by atoms with van der Waals surface area (Å²) >= 11 is 26.7. The molecule has 0 fully saturated rings. The second-order valence-corrected chi connectivity index (χ2v) is 31.5. The second kappa shape index (κ2) is 54.4. The summed E-state index contributed by atoms with van der Waals surface area (Å²) in [5.41, 5.74) is 0.185. The van der Waals surface area contributed by atoms with Gasteiger partial charge >= 0.3 is 12.4 Å². The number of rotatable bonds is 31. The average Bonchev–Trinajstić information content (AvgIpc) is 0.780. The molecule has 702 valence electrons. The highest BCUT2D eigenvalue weighted by molar-refractivity contribution is 9.10. The van der Waals surface area contributed by atoms with Gasteiger partial charge in [0.2, 0.25) is 0 Å². The molecular formula is C100H82BrCl4F11N6O13. The third-order valence-electron chi connectivity index (χ3n) is 19.1. The Balaban J connectivity index is 0.000000221. The van der Waals surface area contributed by atoms with E-state index in [9.17, 15) is 106 Å². The lowest BCUT2D eigenvalue weighted by atomic mass is 10.0. The highest BCUT2D eigenvalue weighted by atomic mass is 79.9. The molecule has 35 heteroatoms. The van der Waals surface area contributed by atoms with Crippen LogP contribution >= 0.6 is 62.3 Å². The molecule has 6 atom stereocenters. The molecule has 19 nitrogen and oxygen atoms in total. The second-order valence-electron chi connectivity index (χ2n) is 29.0. The normalized spacial score (nSPS) is 12.0. The summed E-state index contributed by atoms with van der Waals surface area (Å²) in [5.74, 6) is -10.1. The molecule has 0 radical (unpaired) electrons. The van der Waals surface area contributed by atoms with E-state index >= 15 is 0 Å². The maximum absolute atomic E-state index is 14.0. The Bertz CT molecular complexity index is 5880. The van der Waals surface area contributed by atoms with E-state index in [4.69, 9.17) is 51.1 Å². The first kappa shape index (κ1) is 108. The van der Waals surface area contributed by atoms with Gasteiger partial charge in [-0.15, -0.1) is 0 Å². The van der Waals surface area contributed by atoms with Crippen LogP contribution in [0.3, 0.4) is 0 Å². The standard InChI is InChI=1S/C17H12ClF4NO2.C17H15ClFNO2.C17H16ClNO3.C17H13F4NO2.C16H13BrClNO2.C16H13F2NO2/c18-13-7-6-12(17(20,21)22)14(15(13)19)16(25)23-11(9-24)8-10-4-2-1-3-5-10;1-11-7-8-14(19)15(16(11)18)17(22)20-13(10-21)9-12-5-3-2-4-6-12;1-22-16-8-7-13(18)10-15(16)17(21)19-14(11-20)9-12-5-3-2-4-6-12;18-14-8-4-7-13(17(19,20)21)15(14)16(24)22-12(10-23)9-11-5-2-1-3-6-11;2*17-13-7-4-8-14(18)15(13)16(21)19-12(10-20)9-11-5-2-1-3-6-11/h1-7,9,11H,8H2,(H,23,25);2-8,10,13H,9H2,1H3,(H,20,22);2-8,10-11,14H,9H2,1H3,(H,19,21);1-8,10,12H,9H2,(H,22,24);2*1-8,10,12H,9H2,(H,19,21). The van der Waals surface area contributed by atoms with Crippen molar-refractivity contribution in [3.63, 3.8) is 0 Å². The summed E-state index contributed by atoms with van der Waals surface area (Å²) < 4.78 is 152. The number of aryl methyl sites for hydroxylation is 1. The van der Waals surface area contributed by atoms with Crippen molar-refractivity contribution in [3.8, 4) is 5.75 Å². The van der Waals surface area contributed by atoms with Crippen molar-refractivity contribution in [1.29, 1.82) is 0 Å². The first-order chi connectivity index (χ1) is 64.4. The molecule has 0 bridgehead atoms. The Morgan fingerprint density at radius 3 is 0.963 bits per heavy atom. The zero-order valence-corrected chi connectivity index (χ0v) is 75.7. The predicted molar refractivity (Wildman–Crippen MR) is 492 cm³/mol. The zero-order valence-electron chi connectivity index (χ0n) is 71.1. The van der Waals surface area contributed by atoms with Gasteiger partial charge < -0.3 is 65.4 Å². The van der Waals surface area contributed by atoms with Gasteiger partial charge in [-0.1, -0.05) is 253 Å². The molecule has 6 N–H and O–H groups in total. The van der Waals surface area contributed by atoms with E-state index in [1.807, 2.05) is 97.1 Å². The highest BCUT2D eigenvalue weighted by Gasteiger charge is 2.40. The molecule has 0 aliphatic rings. The lowest BCUT2D eigenvalue weighted by Gasteiger charge is -2.17. The maximum Gasteiger partial charge on any atom is 0.417 e. The molecule has 0 heterocycles. The molecule has 0 saturated carbocycles. The number of alkyl halides is 6.